The SMILES string of the molecule is CC[C@@H](C)n1c(SCC(=O)Nc2ccc(OC)cc2)nc2cc(C)[nH]c2c1=O. The molecule has 148 valence electrons. The Kier molecular flexibility index (Phi) is 6.08. The van der Waals surface area contributed by atoms with Crippen LogP contribution in [0.4, 0.5) is 5.69 Å². The number of anilines is 1. The number of aromatic nitrogens is 3. The minimum atomic E-state index is -0.162. The van der Waals surface area contributed by atoms with Crippen LogP contribution < -0.4 is 15.6 Å². The zero-order valence-electron chi connectivity index (χ0n) is 16.4. The maximum atomic E-state index is 12.9. The van der Waals surface area contributed by atoms with E-state index in [2.05, 4.69) is 15.3 Å². The summed E-state index contributed by atoms with van der Waals surface area (Å²) in [6, 6.07) is 8.96. The number of H-pyrrole nitrogens is 1. The lowest BCUT2D eigenvalue weighted by Crippen LogP contribution is -2.26. The summed E-state index contributed by atoms with van der Waals surface area (Å²) >= 11 is 1.27. The van der Waals surface area contributed by atoms with Crippen LogP contribution in [0.5, 0.6) is 5.75 Å². The summed E-state index contributed by atoms with van der Waals surface area (Å²) in [6.07, 6.45) is 0.790. The van der Waals surface area contributed by atoms with Crippen molar-refractivity contribution in [3.63, 3.8) is 0 Å². The van der Waals surface area contributed by atoms with E-state index in [0.717, 1.165) is 17.9 Å². The number of hydrogen-bond donors (Lipinski definition) is 2. The van der Waals surface area contributed by atoms with Crippen molar-refractivity contribution < 1.29 is 9.53 Å². The molecule has 7 nitrogen and oxygen atoms in total. The molecule has 3 aromatic rings. The van der Waals surface area contributed by atoms with Gasteiger partial charge in [0.05, 0.1) is 18.4 Å². The summed E-state index contributed by atoms with van der Waals surface area (Å²) in [6.45, 7) is 5.89. The number of methoxy groups -OCH3 is 1. The zero-order valence-corrected chi connectivity index (χ0v) is 17.2. The molecule has 0 radical (unpaired) electrons. The van der Waals surface area contributed by atoms with Crippen LogP contribution in [0.25, 0.3) is 11.0 Å². The molecular formula is C20H24N4O3S. The zero-order chi connectivity index (χ0) is 20.3. The molecule has 0 bridgehead atoms. The second-order valence-corrected chi connectivity index (χ2v) is 7.55. The molecule has 0 spiro atoms. The normalized spacial score (nSPS) is 12.1. The fourth-order valence-corrected chi connectivity index (χ4v) is 3.76. The topological polar surface area (TPSA) is 89.0 Å². The minimum Gasteiger partial charge on any atom is -0.497 e. The summed E-state index contributed by atoms with van der Waals surface area (Å²) in [4.78, 5) is 33.0. The number of rotatable bonds is 7. The van der Waals surface area contributed by atoms with E-state index < -0.39 is 0 Å². The predicted molar refractivity (Wildman–Crippen MR) is 112 cm³/mol. The van der Waals surface area contributed by atoms with Crippen LogP contribution in [-0.2, 0) is 4.79 Å². The first-order valence-corrected chi connectivity index (χ1v) is 10.1. The number of carbonyl (C=O) groups excluding carboxylic acids is 1. The third-order valence-corrected chi connectivity index (χ3v) is 5.48. The van der Waals surface area contributed by atoms with Crippen LogP contribution in [0.1, 0.15) is 32.0 Å². The summed E-state index contributed by atoms with van der Waals surface area (Å²) < 4.78 is 6.78. The first-order valence-electron chi connectivity index (χ1n) is 9.11. The third-order valence-electron chi connectivity index (χ3n) is 4.52. The van der Waals surface area contributed by atoms with Crippen molar-refractivity contribution in [2.75, 3.05) is 18.2 Å². The van der Waals surface area contributed by atoms with Crippen LogP contribution >= 0.6 is 11.8 Å². The Labute approximate surface area is 167 Å². The van der Waals surface area contributed by atoms with Gasteiger partial charge in [0, 0.05) is 17.4 Å². The quantitative estimate of drug-likeness (QED) is 0.466. The third kappa shape index (κ3) is 4.22. The molecule has 0 saturated heterocycles. The average molecular weight is 401 g/mol. The molecule has 0 aliphatic heterocycles. The number of fused-ring (bicyclic) bond motifs is 1. The van der Waals surface area contributed by atoms with Gasteiger partial charge in [0.25, 0.3) is 5.56 Å². The molecule has 0 aliphatic rings. The molecule has 0 fully saturated rings. The van der Waals surface area contributed by atoms with Crippen molar-refractivity contribution in [1.82, 2.24) is 14.5 Å². The van der Waals surface area contributed by atoms with Gasteiger partial charge in [-0.3, -0.25) is 14.2 Å². The van der Waals surface area contributed by atoms with Crippen LogP contribution in [0.2, 0.25) is 0 Å². The van der Waals surface area contributed by atoms with E-state index in [9.17, 15) is 9.59 Å². The molecule has 28 heavy (non-hydrogen) atoms. The maximum Gasteiger partial charge on any atom is 0.278 e. The number of thioether (sulfide) groups is 1. The Morgan fingerprint density at radius 3 is 2.71 bits per heavy atom. The molecule has 1 aromatic carbocycles. The fourth-order valence-electron chi connectivity index (χ4n) is 2.86. The van der Waals surface area contributed by atoms with Crippen LogP contribution in [0.15, 0.2) is 40.3 Å². The largest absolute Gasteiger partial charge is 0.497 e. The van der Waals surface area contributed by atoms with Crippen molar-refractivity contribution >= 4 is 34.4 Å². The van der Waals surface area contributed by atoms with Gasteiger partial charge < -0.3 is 15.0 Å². The lowest BCUT2D eigenvalue weighted by atomic mass is 10.2. The van der Waals surface area contributed by atoms with Gasteiger partial charge in [-0.15, -0.1) is 0 Å². The molecule has 0 aliphatic carbocycles. The Balaban J connectivity index is 1.80. The molecule has 1 amide bonds. The predicted octanol–water partition coefficient (Wildman–Crippen LogP) is 3.74. The molecule has 2 N–H and O–H groups in total. The van der Waals surface area contributed by atoms with Gasteiger partial charge in [-0.05, 0) is 50.6 Å². The number of aromatic amines is 1. The molecule has 2 aromatic heterocycles. The van der Waals surface area contributed by atoms with Crippen LogP contribution in [0, 0.1) is 6.92 Å². The van der Waals surface area contributed by atoms with Gasteiger partial charge in [0.1, 0.15) is 11.3 Å². The number of ether oxygens (including phenoxy) is 1. The first-order chi connectivity index (χ1) is 13.4. The van der Waals surface area contributed by atoms with Crippen molar-refractivity contribution in [2.24, 2.45) is 0 Å². The van der Waals surface area contributed by atoms with Gasteiger partial charge in [-0.2, -0.15) is 0 Å². The number of benzene rings is 1. The lowest BCUT2D eigenvalue weighted by molar-refractivity contribution is -0.113. The highest BCUT2D eigenvalue weighted by Gasteiger charge is 2.18. The standard InChI is InChI=1S/C20H24N4O3S/c1-5-13(3)24-19(26)18-16(10-12(2)21-18)23-20(24)28-11-17(25)22-14-6-8-15(27-4)9-7-14/h6-10,13,21H,5,11H2,1-4H3,(H,22,25)/t13-/m1/s1. The number of amides is 1. The lowest BCUT2D eigenvalue weighted by Gasteiger charge is -2.17. The van der Waals surface area contributed by atoms with Crippen molar-refractivity contribution in [3.05, 3.63) is 46.4 Å². The van der Waals surface area contributed by atoms with Crippen LogP contribution in [0.3, 0.4) is 0 Å². The molecule has 2 heterocycles. The van der Waals surface area contributed by atoms with Crippen molar-refractivity contribution in [1.29, 1.82) is 0 Å². The molecular weight excluding hydrogens is 376 g/mol. The number of hydrogen-bond acceptors (Lipinski definition) is 5. The summed E-state index contributed by atoms with van der Waals surface area (Å²) in [5.74, 6) is 0.721. The molecule has 0 saturated carbocycles. The number of carbonyl (C=O) groups is 1. The second kappa shape index (κ2) is 8.52. The van der Waals surface area contributed by atoms with E-state index in [1.807, 2.05) is 26.8 Å². The van der Waals surface area contributed by atoms with Crippen LogP contribution in [-0.4, -0.2) is 33.3 Å². The van der Waals surface area contributed by atoms with Gasteiger partial charge in [-0.25, -0.2) is 4.98 Å². The highest BCUT2D eigenvalue weighted by molar-refractivity contribution is 7.99. The highest BCUT2D eigenvalue weighted by atomic mass is 32.2. The molecule has 0 unspecified atom stereocenters. The van der Waals surface area contributed by atoms with Crippen molar-refractivity contribution in [2.45, 2.75) is 38.4 Å². The van der Waals surface area contributed by atoms with E-state index in [1.54, 1.807) is 35.9 Å². The molecule has 3 rings (SSSR count). The van der Waals surface area contributed by atoms with E-state index in [-0.39, 0.29) is 23.3 Å². The average Bonchev–Trinajstić information content (AvgIpc) is 3.07. The maximum absolute atomic E-state index is 12.9. The summed E-state index contributed by atoms with van der Waals surface area (Å²) in [5.41, 5.74) is 2.60. The molecule has 8 heteroatoms. The van der Waals surface area contributed by atoms with E-state index in [4.69, 9.17) is 4.74 Å². The Morgan fingerprint density at radius 1 is 1.36 bits per heavy atom. The molecule has 1 atom stereocenters. The Morgan fingerprint density at radius 2 is 2.07 bits per heavy atom. The smallest absolute Gasteiger partial charge is 0.278 e. The fraction of sp³-hybridized carbons (Fsp3) is 0.350. The van der Waals surface area contributed by atoms with Gasteiger partial charge in [0.2, 0.25) is 5.91 Å². The van der Waals surface area contributed by atoms with Gasteiger partial charge in [-0.1, -0.05) is 18.7 Å². The van der Waals surface area contributed by atoms with Gasteiger partial charge in [0.15, 0.2) is 5.16 Å². The number of nitrogens with zero attached hydrogens (tertiary/aromatic N) is 2. The van der Waals surface area contributed by atoms with E-state index >= 15 is 0 Å². The van der Waals surface area contributed by atoms with Gasteiger partial charge >= 0.3 is 0 Å². The highest BCUT2D eigenvalue weighted by Crippen LogP contribution is 2.23. The van der Waals surface area contributed by atoms with E-state index in [0.29, 0.717) is 21.9 Å². The Bertz CT molecular complexity index is 1040. The monoisotopic (exact) mass is 400 g/mol. The Hall–Kier alpha value is -2.74. The second-order valence-electron chi connectivity index (χ2n) is 6.60. The van der Waals surface area contributed by atoms with E-state index in [1.165, 1.54) is 11.8 Å². The van der Waals surface area contributed by atoms with Crippen molar-refractivity contribution in [3.8, 4) is 5.75 Å². The number of nitrogens with one attached hydrogen (secondary N) is 2. The number of aryl methyl sites for hydroxylation is 1. The summed E-state index contributed by atoms with van der Waals surface area (Å²) in [7, 11) is 1.59. The minimum absolute atomic E-state index is 0.0137. The first kappa shape index (κ1) is 20.0. The summed E-state index contributed by atoms with van der Waals surface area (Å²) in [5, 5.41) is 3.40.